The number of hydrogen-bond donors (Lipinski definition) is 1. The van der Waals surface area contributed by atoms with Crippen LogP contribution >= 0.6 is 0 Å². The van der Waals surface area contributed by atoms with Crippen LogP contribution in [0.2, 0.25) is 0 Å². The molecule has 3 nitrogen and oxygen atoms in total. The maximum absolute atomic E-state index is 14.7. The van der Waals surface area contributed by atoms with Crippen molar-refractivity contribution in [1.29, 1.82) is 0 Å². The Morgan fingerprint density at radius 3 is 1.88 bits per heavy atom. The zero-order valence-electron chi connectivity index (χ0n) is 19.9. The van der Waals surface area contributed by atoms with Crippen molar-refractivity contribution in [3.63, 3.8) is 0 Å². The molecular formula is C26H18F11NO2. The monoisotopic (exact) mass is 585 g/mol. The van der Waals surface area contributed by atoms with E-state index < -0.39 is 71.9 Å². The fourth-order valence-corrected chi connectivity index (χ4v) is 3.94. The van der Waals surface area contributed by atoms with Gasteiger partial charge in [0, 0.05) is 12.5 Å². The number of hydrogen-bond acceptors (Lipinski definition) is 2. The number of benzene rings is 3. The molecule has 3 rings (SSSR count). The van der Waals surface area contributed by atoms with Crippen molar-refractivity contribution in [3.8, 4) is 5.75 Å². The van der Waals surface area contributed by atoms with Crippen molar-refractivity contribution < 1.29 is 57.8 Å². The van der Waals surface area contributed by atoms with Crippen molar-refractivity contribution in [1.82, 2.24) is 5.32 Å². The fourth-order valence-electron chi connectivity index (χ4n) is 3.94. The second kappa shape index (κ2) is 11.3. The van der Waals surface area contributed by atoms with E-state index in [2.05, 4.69) is 10.1 Å². The average Bonchev–Trinajstić information content (AvgIpc) is 2.82. The summed E-state index contributed by atoms with van der Waals surface area (Å²) in [6, 6.07) is 11.5. The van der Waals surface area contributed by atoms with Gasteiger partial charge in [0.15, 0.2) is 0 Å². The molecule has 0 saturated heterocycles. The van der Waals surface area contributed by atoms with Crippen LogP contribution in [0.1, 0.15) is 28.7 Å². The van der Waals surface area contributed by atoms with Gasteiger partial charge in [-0.05, 0) is 41.0 Å². The molecule has 1 amide bonds. The molecule has 1 N–H and O–H groups in total. The Bertz CT molecular complexity index is 1310. The van der Waals surface area contributed by atoms with Gasteiger partial charge in [0.2, 0.25) is 5.91 Å². The first-order valence-electron chi connectivity index (χ1n) is 11.2. The predicted octanol–water partition coefficient (Wildman–Crippen LogP) is 7.64. The fraction of sp³-hybridized carbons (Fsp3) is 0.269. The summed E-state index contributed by atoms with van der Waals surface area (Å²) >= 11 is 0. The minimum absolute atomic E-state index is 0.263. The van der Waals surface area contributed by atoms with Gasteiger partial charge in [-0.3, -0.25) is 4.79 Å². The molecular weight excluding hydrogens is 567 g/mol. The molecule has 40 heavy (non-hydrogen) atoms. The number of nitrogens with one attached hydrogen (secondary N) is 1. The molecule has 0 spiro atoms. The highest BCUT2D eigenvalue weighted by Crippen LogP contribution is 2.39. The number of rotatable bonds is 9. The second-order valence-electron chi connectivity index (χ2n) is 8.62. The Balaban J connectivity index is 2.29. The molecule has 1 atom stereocenters. The zero-order chi connectivity index (χ0) is 29.9. The summed E-state index contributed by atoms with van der Waals surface area (Å²) < 4.78 is 150. The Labute approximate surface area is 219 Å². The minimum atomic E-state index is -5.11. The predicted molar refractivity (Wildman–Crippen MR) is 119 cm³/mol. The van der Waals surface area contributed by atoms with Gasteiger partial charge in [-0.25, -0.2) is 4.39 Å². The van der Waals surface area contributed by atoms with Gasteiger partial charge < -0.3 is 10.1 Å². The van der Waals surface area contributed by atoms with E-state index in [1.165, 1.54) is 24.3 Å². The van der Waals surface area contributed by atoms with Gasteiger partial charge in [0.05, 0.1) is 11.1 Å². The third kappa shape index (κ3) is 7.63. The number of halogens is 11. The summed E-state index contributed by atoms with van der Waals surface area (Å²) in [5.74, 6) is -4.27. The van der Waals surface area contributed by atoms with Crippen molar-refractivity contribution in [2.24, 2.45) is 0 Å². The Hall–Kier alpha value is -3.84. The van der Waals surface area contributed by atoms with Crippen LogP contribution in [0.25, 0.3) is 0 Å². The number of carbonyl (C=O) groups excluding carboxylic acids is 1. The third-order valence-corrected chi connectivity index (χ3v) is 5.60. The van der Waals surface area contributed by atoms with E-state index in [1.54, 1.807) is 6.07 Å². The van der Waals surface area contributed by atoms with Crippen LogP contribution in [-0.4, -0.2) is 24.6 Å². The normalized spacial score (nSPS) is 14.1. The van der Waals surface area contributed by atoms with E-state index in [9.17, 15) is 53.1 Å². The van der Waals surface area contributed by atoms with Gasteiger partial charge in [0.1, 0.15) is 18.0 Å². The van der Waals surface area contributed by atoms with Crippen molar-refractivity contribution in [2.45, 2.75) is 43.3 Å². The van der Waals surface area contributed by atoms with Gasteiger partial charge in [0.25, 0.3) is 0 Å². The summed E-state index contributed by atoms with van der Waals surface area (Å²) in [6.45, 7) is 0. The molecule has 0 aliphatic rings. The Morgan fingerprint density at radius 1 is 0.775 bits per heavy atom. The topological polar surface area (TPSA) is 38.3 Å². The number of carbonyl (C=O) groups is 1. The SMILES string of the molecule is O=C(CC(F)(F)F)NC(Cc1ccccc1)(c1ccc(C(F)(F)F)cc1)c1cc(F)cc(OC(F)(F)C(F)F)c1. The van der Waals surface area contributed by atoms with E-state index in [4.69, 9.17) is 0 Å². The van der Waals surface area contributed by atoms with Crippen LogP contribution in [-0.2, 0) is 22.9 Å². The minimum Gasteiger partial charge on any atom is -0.428 e. The lowest BCUT2D eigenvalue weighted by atomic mass is 9.77. The van der Waals surface area contributed by atoms with E-state index in [0.717, 1.165) is 12.1 Å². The first-order valence-corrected chi connectivity index (χ1v) is 11.2. The van der Waals surface area contributed by atoms with E-state index in [-0.39, 0.29) is 17.2 Å². The van der Waals surface area contributed by atoms with E-state index in [0.29, 0.717) is 24.3 Å². The molecule has 3 aromatic rings. The standard InChI is InChI=1S/C26H18F11NO2/c27-19-10-18(11-20(12-19)40-26(36,37)22(28)29)23(13-15-4-2-1-3-5-15,38-21(39)14-24(30,31)32)16-6-8-17(9-7-16)25(33,34)35/h1-12,22H,13-14H2,(H,38,39). The highest BCUT2D eigenvalue weighted by Gasteiger charge is 2.45. The lowest BCUT2D eigenvalue weighted by molar-refractivity contribution is -0.253. The largest absolute Gasteiger partial charge is 0.461 e. The van der Waals surface area contributed by atoms with Crippen LogP contribution in [0.4, 0.5) is 48.3 Å². The summed E-state index contributed by atoms with van der Waals surface area (Å²) in [7, 11) is 0. The molecule has 1 unspecified atom stereocenters. The summed E-state index contributed by atoms with van der Waals surface area (Å²) in [5, 5.41) is 2.07. The molecule has 0 heterocycles. The zero-order valence-corrected chi connectivity index (χ0v) is 19.9. The molecule has 0 aliphatic heterocycles. The van der Waals surface area contributed by atoms with Gasteiger partial charge >= 0.3 is 24.9 Å². The van der Waals surface area contributed by atoms with E-state index in [1.807, 2.05) is 0 Å². The van der Waals surface area contributed by atoms with Crippen molar-refractivity contribution in [2.75, 3.05) is 0 Å². The van der Waals surface area contributed by atoms with Gasteiger partial charge in [-0.1, -0.05) is 42.5 Å². The number of amides is 1. The first-order chi connectivity index (χ1) is 18.4. The molecule has 3 aromatic carbocycles. The molecule has 0 fully saturated rings. The Morgan fingerprint density at radius 2 is 1.35 bits per heavy atom. The summed E-state index contributed by atoms with van der Waals surface area (Å²) in [6.07, 6.45) is -21.9. The molecule has 0 radical (unpaired) electrons. The van der Waals surface area contributed by atoms with Crippen molar-refractivity contribution in [3.05, 3.63) is 101 Å². The average molecular weight is 585 g/mol. The van der Waals surface area contributed by atoms with Crippen LogP contribution in [0.5, 0.6) is 5.75 Å². The summed E-state index contributed by atoms with van der Waals surface area (Å²) in [5.41, 5.74) is -4.12. The molecule has 0 aliphatic carbocycles. The number of alkyl halides is 10. The third-order valence-electron chi connectivity index (χ3n) is 5.60. The van der Waals surface area contributed by atoms with E-state index >= 15 is 0 Å². The number of ether oxygens (including phenoxy) is 1. The quantitative estimate of drug-likeness (QED) is 0.262. The summed E-state index contributed by atoms with van der Waals surface area (Å²) in [4.78, 5) is 12.6. The lowest BCUT2D eigenvalue weighted by Gasteiger charge is -2.37. The maximum Gasteiger partial charge on any atom is 0.461 e. The van der Waals surface area contributed by atoms with Crippen LogP contribution < -0.4 is 10.1 Å². The molecule has 0 bridgehead atoms. The molecule has 0 aromatic heterocycles. The highest BCUT2D eigenvalue weighted by atomic mass is 19.4. The Kier molecular flexibility index (Phi) is 8.70. The highest BCUT2D eigenvalue weighted by molar-refractivity contribution is 5.78. The van der Waals surface area contributed by atoms with Gasteiger partial charge in [-0.2, -0.15) is 43.9 Å². The van der Waals surface area contributed by atoms with Gasteiger partial charge in [-0.15, -0.1) is 0 Å². The lowest BCUT2D eigenvalue weighted by Crippen LogP contribution is -2.49. The van der Waals surface area contributed by atoms with Crippen LogP contribution in [0.3, 0.4) is 0 Å². The second-order valence-corrected chi connectivity index (χ2v) is 8.62. The van der Waals surface area contributed by atoms with Crippen LogP contribution in [0.15, 0.2) is 72.8 Å². The molecule has 216 valence electrons. The molecule has 14 heteroatoms. The maximum atomic E-state index is 14.7. The molecule has 0 saturated carbocycles. The smallest absolute Gasteiger partial charge is 0.428 e. The first kappa shape index (κ1) is 30.7. The van der Waals surface area contributed by atoms with Crippen LogP contribution in [0, 0.1) is 5.82 Å². The van der Waals surface area contributed by atoms with Crippen molar-refractivity contribution >= 4 is 5.91 Å².